The van der Waals surface area contributed by atoms with Crippen molar-refractivity contribution >= 4 is 16.9 Å². The van der Waals surface area contributed by atoms with Gasteiger partial charge in [-0.15, -0.1) is 0 Å². The van der Waals surface area contributed by atoms with Gasteiger partial charge in [0.05, 0.1) is 11.7 Å². The van der Waals surface area contributed by atoms with Gasteiger partial charge in [-0.05, 0) is 46.1 Å². The van der Waals surface area contributed by atoms with Crippen molar-refractivity contribution in [3.63, 3.8) is 0 Å². The lowest BCUT2D eigenvalue weighted by Crippen LogP contribution is -2.40. The van der Waals surface area contributed by atoms with Crippen LogP contribution in [0.2, 0.25) is 0 Å². The minimum absolute atomic E-state index is 0.0670. The number of furan rings is 1. The van der Waals surface area contributed by atoms with Crippen molar-refractivity contribution < 1.29 is 9.21 Å². The first kappa shape index (κ1) is 20.0. The summed E-state index contributed by atoms with van der Waals surface area (Å²) in [5.74, 6) is 0.828. The monoisotopic (exact) mass is 420 g/mol. The van der Waals surface area contributed by atoms with Crippen LogP contribution >= 0.6 is 0 Å². The minimum Gasteiger partial charge on any atom is -0.451 e. The predicted molar refractivity (Wildman–Crippen MR) is 118 cm³/mol. The first-order valence-corrected chi connectivity index (χ1v) is 11.1. The number of fused-ring (bicyclic) bond motifs is 2. The molecular weight excluding hydrogens is 392 g/mol. The second kappa shape index (κ2) is 7.64. The molecular formula is C24H28N4O3. The van der Waals surface area contributed by atoms with Gasteiger partial charge in [-0.1, -0.05) is 18.2 Å². The molecule has 0 aliphatic carbocycles. The Morgan fingerprint density at radius 2 is 2.06 bits per heavy atom. The van der Waals surface area contributed by atoms with Gasteiger partial charge >= 0.3 is 0 Å². The summed E-state index contributed by atoms with van der Waals surface area (Å²) >= 11 is 0. The van der Waals surface area contributed by atoms with E-state index in [0.717, 1.165) is 41.6 Å². The molecule has 4 heterocycles. The summed E-state index contributed by atoms with van der Waals surface area (Å²) in [6.45, 7) is 8.40. The Hall–Kier alpha value is -2.93. The van der Waals surface area contributed by atoms with Gasteiger partial charge in [0.15, 0.2) is 5.76 Å². The molecule has 1 amide bonds. The average molecular weight is 421 g/mol. The second-order valence-electron chi connectivity index (χ2n) is 8.90. The van der Waals surface area contributed by atoms with Gasteiger partial charge in [-0.25, -0.2) is 4.98 Å². The number of hydrogen-bond donors (Lipinski definition) is 1. The molecule has 0 saturated carbocycles. The number of nitrogens with zero attached hydrogens (tertiary/aromatic N) is 3. The molecule has 7 nitrogen and oxygen atoms in total. The highest BCUT2D eigenvalue weighted by molar-refractivity contribution is 5.99. The molecule has 0 radical (unpaired) electrons. The summed E-state index contributed by atoms with van der Waals surface area (Å²) < 4.78 is 5.92. The maximum absolute atomic E-state index is 13.4. The van der Waals surface area contributed by atoms with Crippen LogP contribution in [-0.2, 0) is 13.0 Å². The Morgan fingerprint density at radius 3 is 2.84 bits per heavy atom. The lowest BCUT2D eigenvalue weighted by Gasteiger charge is -2.31. The van der Waals surface area contributed by atoms with Crippen LogP contribution in [0.3, 0.4) is 0 Å². The average Bonchev–Trinajstić information content (AvgIpc) is 3.38. The Balaban J connectivity index is 1.49. The molecule has 1 fully saturated rings. The summed E-state index contributed by atoms with van der Waals surface area (Å²) in [6.07, 6.45) is 2.36. The number of carbonyl (C=O) groups excluding carboxylic acids is 1. The fourth-order valence-corrected chi connectivity index (χ4v) is 4.88. The molecule has 2 aliphatic rings. The lowest BCUT2D eigenvalue weighted by molar-refractivity contribution is 0.0698. The van der Waals surface area contributed by atoms with E-state index < -0.39 is 0 Å². The van der Waals surface area contributed by atoms with Crippen molar-refractivity contribution in [2.45, 2.75) is 58.7 Å². The van der Waals surface area contributed by atoms with Crippen LogP contribution in [0.4, 0.5) is 0 Å². The van der Waals surface area contributed by atoms with E-state index in [1.807, 2.05) is 31.2 Å². The zero-order chi connectivity index (χ0) is 21.7. The number of aromatic amines is 1. The van der Waals surface area contributed by atoms with Gasteiger partial charge in [-0.3, -0.25) is 14.5 Å². The molecule has 1 N–H and O–H groups in total. The molecule has 2 aromatic heterocycles. The van der Waals surface area contributed by atoms with E-state index in [9.17, 15) is 9.59 Å². The normalized spacial score (nSPS) is 19.4. The second-order valence-corrected chi connectivity index (χ2v) is 8.90. The third kappa shape index (κ3) is 3.37. The molecule has 0 unspecified atom stereocenters. The number of aromatic nitrogens is 2. The van der Waals surface area contributed by atoms with E-state index in [0.29, 0.717) is 42.7 Å². The van der Waals surface area contributed by atoms with Crippen molar-refractivity contribution in [3.8, 4) is 0 Å². The van der Waals surface area contributed by atoms with Crippen LogP contribution in [0, 0.1) is 6.92 Å². The number of amides is 1. The summed E-state index contributed by atoms with van der Waals surface area (Å²) in [7, 11) is 0. The number of para-hydroxylation sites is 1. The number of hydrogen-bond acceptors (Lipinski definition) is 5. The van der Waals surface area contributed by atoms with E-state index in [-0.39, 0.29) is 17.5 Å². The third-order valence-electron chi connectivity index (χ3n) is 6.72. The molecule has 0 bridgehead atoms. The van der Waals surface area contributed by atoms with Crippen molar-refractivity contribution in [2.24, 2.45) is 0 Å². The topological polar surface area (TPSA) is 82.4 Å². The first-order chi connectivity index (χ1) is 14.9. The standard InChI is InChI=1S/C24H28N4O3/c1-14(2)27-12-10-17-18(13-27)25-22(26-23(17)29)19-8-6-11-28(19)24(30)21-15(3)16-7-4-5-9-20(16)31-21/h4-5,7,9,14,19H,6,8,10-13H2,1-3H3,(H,25,26,29)/t19-/m0/s1. The molecule has 1 aromatic carbocycles. The van der Waals surface area contributed by atoms with Crippen molar-refractivity contribution in [3.05, 3.63) is 63.0 Å². The van der Waals surface area contributed by atoms with Gasteiger partial charge in [0.1, 0.15) is 11.4 Å². The smallest absolute Gasteiger partial charge is 0.290 e. The highest BCUT2D eigenvalue weighted by atomic mass is 16.3. The van der Waals surface area contributed by atoms with Crippen molar-refractivity contribution in [2.75, 3.05) is 13.1 Å². The fourth-order valence-electron chi connectivity index (χ4n) is 4.88. The van der Waals surface area contributed by atoms with Crippen LogP contribution in [0.5, 0.6) is 0 Å². The maximum atomic E-state index is 13.4. The zero-order valence-electron chi connectivity index (χ0n) is 18.3. The van der Waals surface area contributed by atoms with Crippen LogP contribution in [0.1, 0.15) is 65.9 Å². The molecule has 2 aliphatic heterocycles. The summed E-state index contributed by atoms with van der Waals surface area (Å²) in [5.41, 5.74) is 3.13. The number of rotatable bonds is 3. The Kier molecular flexibility index (Phi) is 4.93. The Bertz CT molecular complexity index is 1210. The number of nitrogens with one attached hydrogen (secondary N) is 1. The molecule has 1 saturated heterocycles. The van der Waals surface area contributed by atoms with E-state index in [1.54, 1.807) is 4.90 Å². The molecule has 3 aromatic rings. The zero-order valence-corrected chi connectivity index (χ0v) is 18.3. The van der Waals surface area contributed by atoms with Crippen LogP contribution in [-0.4, -0.2) is 44.8 Å². The third-order valence-corrected chi connectivity index (χ3v) is 6.72. The van der Waals surface area contributed by atoms with E-state index in [4.69, 9.17) is 9.40 Å². The summed E-state index contributed by atoms with van der Waals surface area (Å²) in [4.78, 5) is 38.2. The van der Waals surface area contributed by atoms with Crippen LogP contribution in [0.15, 0.2) is 33.5 Å². The molecule has 5 rings (SSSR count). The number of likely N-dealkylation sites (tertiary alicyclic amines) is 1. The van der Waals surface area contributed by atoms with Gasteiger partial charge in [-0.2, -0.15) is 0 Å². The number of H-pyrrole nitrogens is 1. The quantitative estimate of drug-likeness (QED) is 0.700. The van der Waals surface area contributed by atoms with Gasteiger partial charge in [0, 0.05) is 42.2 Å². The molecule has 162 valence electrons. The Morgan fingerprint density at radius 1 is 1.26 bits per heavy atom. The SMILES string of the molecule is Cc1c(C(=O)N2CCC[C@H]2c2nc3c(c(=O)[nH]2)CCN(C(C)C)C3)oc2ccccc12. The number of aryl methyl sites for hydroxylation is 1. The highest BCUT2D eigenvalue weighted by Crippen LogP contribution is 2.34. The highest BCUT2D eigenvalue weighted by Gasteiger charge is 2.36. The van der Waals surface area contributed by atoms with E-state index >= 15 is 0 Å². The van der Waals surface area contributed by atoms with Crippen molar-refractivity contribution in [1.29, 1.82) is 0 Å². The predicted octanol–water partition coefficient (Wildman–Crippen LogP) is 3.57. The van der Waals surface area contributed by atoms with Gasteiger partial charge < -0.3 is 14.3 Å². The molecule has 31 heavy (non-hydrogen) atoms. The van der Waals surface area contributed by atoms with E-state index in [2.05, 4.69) is 23.7 Å². The summed E-state index contributed by atoms with van der Waals surface area (Å²) in [5, 5.41) is 0.954. The fraction of sp³-hybridized carbons (Fsp3) is 0.458. The molecule has 7 heteroatoms. The number of benzene rings is 1. The Labute approximate surface area is 181 Å². The molecule has 0 spiro atoms. The van der Waals surface area contributed by atoms with Gasteiger partial charge in [0.25, 0.3) is 11.5 Å². The van der Waals surface area contributed by atoms with Crippen LogP contribution in [0.25, 0.3) is 11.0 Å². The van der Waals surface area contributed by atoms with Crippen molar-refractivity contribution in [1.82, 2.24) is 19.8 Å². The van der Waals surface area contributed by atoms with Crippen LogP contribution < -0.4 is 5.56 Å². The minimum atomic E-state index is -0.243. The largest absolute Gasteiger partial charge is 0.451 e. The molecule has 1 atom stereocenters. The van der Waals surface area contributed by atoms with Gasteiger partial charge in [0.2, 0.25) is 0 Å². The lowest BCUT2D eigenvalue weighted by atomic mass is 10.0. The number of carbonyl (C=O) groups is 1. The maximum Gasteiger partial charge on any atom is 0.290 e. The van der Waals surface area contributed by atoms with E-state index in [1.165, 1.54) is 0 Å². The summed E-state index contributed by atoms with van der Waals surface area (Å²) in [6, 6.07) is 7.85. The first-order valence-electron chi connectivity index (χ1n) is 11.1.